The molecular formula is C14H11N3O6S2. The Labute approximate surface area is 144 Å². The number of esters is 1. The lowest BCUT2D eigenvalue weighted by Crippen LogP contribution is -2.29. The molecule has 1 aromatic carbocycles. The van der Waals surface area contributed by atoms with Crippen LogP contribution in [-0.4, -0.2) is 31.5 Å². The second kappa shape index (κ2) is 6.18. The molecule has 0 saturated carbocycles. The number of ether oxygens (including phenoxy) is 1. The van der Waals surface area contributed by atoms with E-state index in [1.807, 2.05) is 4.98 Å². The van der Waals surface area contributed by atoms with Gasteiger partial charge in [0.25, 0.3) is 15.6 Å². The van der Waals surface area contributed by atoms with Crippen molar-refractivity contribution in [1.82, 2.24) is 9.97 Å². The number of benzene rings is 1. The summed E-state index contributed by atoms with van der Waals surface area (Å²) in [5.74, 6) is -0.483. The van der Waals surface area contributed by atoms with Crippen LogP contribution in [0.15, 0.2) is 44.9 Å². The number of methoxy groups -OCH3 is 1. The van der Waals surface area contributed by atoms with Crippen LogP contribution in [0.1, 0.15) is 9.67 Å². The maximum Gasteiger partial charge on any atom is 0.348 e. The van der Waals surface area contributed by atoms with E-state index < -0.39 is 32.1 Å². The Morgan fingerprint density at radius 1 is 1.24 bits per heavy atom. The molecule has 0 radical (unpaired) electrons. The van der Waals surface area contributed by atoms with Gasteiger partial charge in [0.2, 0.25) is 0 Å². The van der Waals surface area contributed by atoms with Gasteiger partial charge in [-0.1, -0.05) is 0 Å². The number of anilines is 1. The third kappa shape index (κ3) is 3.32. The van der Waals surface area contributed by atoms with E-state index in [1.165, 1.54) is 30.6 Å². The highest BCUT2D eigenvalue weighted by Crippen LogP contribution is 2.29. The molecule has 0 aliphatic carbocycles. The Morgan fingerprint density at radius 3 is 2.68 bits per heavy atom. The van der Waals surface area contributed by atoms with Gasteiger partial charge < -0.3 is 9.72 Å². The standard InChI is InChI=1S/C14H11N3O6S2/c1-23-13(19)10-5-7-4-8(2-3-9(7)24-10)17-25(21,22)11-6-15-14(20)16-12(11)18/h2-6,17H,1H3,(H2,15,16,18,20). The van der Waals surface area contributed by atoms with Crippen molar-refractivity contribution >= 4 is 43.1 Å². The lowest BCUT2D eigenvalue weighted by atomic mass is 10.2. The van der Waals surface area contributed by atoms with Crippen molar-refractivity contribution in [3.63, 3.8) is 0 Å². The monoisotopic (exact) mass is 381 g/mol. The maximum absolute atomic E-state index is 12.3. The lowest BCUT2D eigenvalue weighted by Gasteiger charge is -2.07. The van der Waals surface area contributed by atoms with Gasteiger partial charge in [-0.2, -0.15) is 0 Å². The quantitative estimate of drug-likeness (QED) is 0.573. The van der Waals surface area contributed by atoms with Gasteiger partial charge in [-0.3, -0.25) is 14.5 Å². The third-order valence-electron chi connectivity index (χ3n) is 3.23. The van der Waals surface area contributed by atoms with Gasteiger partial charge in [0.1, 0.15) is 4.88 Å². The van der Waals surface area contributed by atoms with Crippen LogP contribution in [0.3, 0.4) is 0 Å². The average molecular weight is 381 g/mol. The first-order valence-corrected chi connectivity index (χ1v) is 9.07. The fourth-order valence-corrected chi connectivity index (χ4v) is 4.13. The van der Waals surface area contributed by atoms with Crippen molar-refractivity contribution in [2.24, 2.45) is 0 Å². The van der Waals surface area contributed by atoms with Gasteiger partial charge in [-0.25, -0.2) is 18.0 Å². The minimum Gasteiger partial charge on any atom is -0.465 e. The number of sulfonamides is 1. The minimum atomic E-state index is -4.20. The number of nitrogens with one attached hydrogen (secondary N) is 3. The van der Waals surface area contributed by atoms with Gasteiger partial charge in [0.05, 0.1) is 7.11 Å². The van der Waals surface area contributed by atoms with Crippen LogP contribution in [0.25, 0.3) is 10.1 Å². The van der Waals surface area contributed by atoms with Gasteiger partial charge in [-0.15, -0.1) is 11.3 Å². The number of hydrogen-bond acceptors (Lipinski definition) is 7. The number of carbonyl (C=O) groups excluding carboxylic acids is 1. The largest absolute Gasteiger partial charge is 0.465 e. The summed E-state index contributed by atoms with van der Waals surface area (Å²) >= 11 is 1.21. The average Bonchev–Trinajstić information content (AvgIpc) is 2.96. The van der Waals surface area contributed by atoms with E-state index in [2.05, 4.69) is 14.4 Å². The molecule has 0 spiro atoms. The Balaban J connectivity index is 1.98. The van der Waals surface area contributed by atoms with Crippen LogP contribution in [0, 0.1) is 0 Å². The van der Waals surface area contributed by atoms with Crippen molar-refractivity contribution in [3.05, 3.63) is 56.2 Å². The molecule has 0 unspecified atom stereocenters. The molecule has 3 aromatic rings. The summed E-state index contributed by atoms with van der Waals surface area (Å²) in [6.45, 7) is 0. The number of carbonyl (C=O) groups is 1. The van der Waals surface area contributed by atoms with E-state index in [9.17, 15) is 22.8 Å². The van der Waals surface area contributed by atoms with E-state index in [0.717, 1.165) is 10.9 Å². The third-order valence-corrected chi connectivity index (χ3v) is 5.71. The molecule has 2 heterocycles. The van der Waals surface area contributed by atoms with E-state index in [1.54, 1.807) is 12.1 Å². The van der Waals surface area contributed by atoms with Crippen LogP contribution < -0.4 is 16.0 Å². The molecule has 9 nitrogen and oxygen atoms in total. The zero-order chi connectivity index (χ0) is 18.2. The zero-order valence-electron chi connectivity index (χ0n) is 12.7. The number of hydrogen-bond donors (Lipinski definition) is 3. The maximum atomic E-state index is 12.3. The number of thiophene rings is 1. The van der Waals surface area contributed by atoms with Gasteiger partial charge in [0.15, 0.2) is 4.90 Å². The summed E-state index contributed by atoms with van der Waals surface area (Å²) in [7, 11) is -2.92. The van der Waals surface area contributed by atoms with E-state index >= 15 is 0 Å². The predicted octanol–water partition coefficient (Wildman–Crippen LogP) is 0.865. The molecule has 0 aliphatic rings. The Morgan fingerprint density at radius 2 is 2.00 bits per heavy atom. The molecule has 3 N–H and O–H groups in total. The Kier molecular flexibility index (Phi) is 4.18. The summed E-state index contributed by atoms with van der Waals surface area (Å²) in [4.78, 5) is 37.9. The van der Waals surface area contributed by atoms with Gasteiger partial charge in [0, 0.05) is 16.6 Å². The van der Waals surface area contributed by atoms with Crippen molar-refractivity contribution in [3.8, 4) is 0 Å². The normalized spacial score (nSPS) is 11.4. The van der Waals surface area contributed by atoms with Crippen LogP contribution in [-0.2, 0) is 14.8 Å². The van der Waals surface area contributed by atoms with Crippen molar-refractivity contribution < 1.29 is 17.9 Å². The molecule has 2 aromatic heterocycles. The van der Waals surface area contributed by atoms with Crippen molar-refractivity contribution in [2.75, 3.05) is 11.8 Å². The second-order valence-corrected chi connectivity index (χ2v) is 7.63. The van der Waals surface area contributed by atoms with Gasteiger partial charge in [-0.05, 0) is 29.7 Å². The van der Waals surface area contributed by atoms with Crippen LogP contribution in [0.5, 0.6) is 0 Å². The highest BCUT2D eigenvalue weighted by atomic mass is 32.2. The number of aromatic nitrogens is 2. The summed E-state index contributed by atoms with van der Waals surface area (Å²) in [5.41, 5.74) is -1.63. The Hall–Kier alpha value is -2.92. The lowest BCUT2D eigenvalue weighted by molar-refractivity contribution is 0.0606. The SMILES string of the molecule is COC(=O)c1cc2cc(NS(=O)(=O)c3c[nH]c(=O)[nH]c3=O)ccc2s1. The van der Waals surface area contributed by atoms with Gasteiger partial charge >= 0.3 is 11.7 Å². The van der Waals surface area contributed by atoms with E-state index in [0.29, 0.717) is 10.3 Å². The molecular weight excluding hydrogens is 370 g/mol. The summed E-state index contributed by atoms with van der Waals surface area (Å²) in [5, 5.41) is 0.640. The fraction of sp³-hybridized carbons (Fsp3) is 0.0714. The molecule has 0 amide bonds. The molecule has 0 bridgehead atoms. The van der Waals surface area contributed by atoms with Crippen LogP contribution in [0.4, 0.5) is 5.69 Å². The molecule has 25 heavy (non-hydrogen) atoms. The zero-order valence-corrected chi connectivity index (χ0v) is 14.3. The summed E-state index contributed by atoms with van der Waals surface area (Å²) in [6.07, 6.45) is 0.821. The first-order chi connectivity index (χ1) is 11.8. The van der Waals surface area contributed by atoms with Crippen LogP contribution >= 0.6 is 11.3 Å². The number of fused-ring (bicyclic) bond motifs is 1. The number of aromatic amines is 2. The second-order valence-electron chi connectivity index (χ2n) is 4.90. The van der Waals surface area contributed by atoms with Crippen molar-refractivity contribution in [1.29, 1.82) is 0 Å². The highest BCUT2D eigenvalue weighted by molar-refractivity contribution is 7.92. The number of H-pyrrole nitrogens is 2. The summed E-state index contributed by atoms with van der Waals surface area (Å²) < 4.78 is 32.3. The minimum absolute atomic E-state index is 0.201. The van der Waals surface area contributed by atoms with E-state index in [4.69, 9.17) is 0 Å². The molecule has 0 saturated heterocycles. The first kappa shape index (κ1) is 16.9. The smallest absolute Gasteiger partial charge is 0.348 e. The number of rotatable bonds is 4. The van der Waals surface area contributed by atoms with Crippen LogP contribution in [0.2, 0.25) is 0 Å². The molecule has 0 atom stereocenters. The predicted molar refractivity (Wildman–Crippen MR) is 91.7 cm³/mol. The van der Waals surface area contributed by atoms with Crippen molar-refractivity contribution in [2.45, 2.75) is 4.90 Å². The molecule has 130 valence electrons. The first-order valence-electron chi connectivity index (χ1n) is 6.77. The molecule has 11 heteroatoms. The Bertz CT molecular complexity index is 1190. The molecule has 0 aliphatic heterocycles. The highest BCUT2D eigenvalue weighted by Gasteiger charge is 2.19. The molecule has 3 rings (SSSR count). The summed E-state index contributed by atoms with van der Waals surface area (Å²) in [6, 6.07) is 6.24. The molecule has 0 fully saturated rings. The fourth-order valence-electron chi connectivity index (χ4n) is 2.12. The topological polar surface area (TPSA) is 138 Å². The van der Waals surface area contributed by atoms with E-state index in [-0.39, 0.29) is 5.69 Å².